The number of ether oxygens (including phenoxy) is 2. The van der Waals surface area contributed by atoms with Crippen molar-refractivity contribution < 1.29 is 28.7 Å². The first-order valence-electron chi connectivity index (χ1n) is 12.6. The van der Waals surface area contributed by atoms with Crippen LogP contribution in [0.1, 0.15) is 39.2 Å². The Morgan fingerprint density at radius 1 is 1.14 bits per heavy atom. The molecule has 1 heterocycles. The SMILES string of the molecule is COC(=O)Cc1cccc(NC(=O)NCC(=O)N2C(C3CC4C=CC3C4)SC[C@H]2C(=O)OC(C)(C)C)c1. The Morgan fingerprint density at radius 3 is 2.57 bits per heavy atom. The molecule has 2 N–H and O–H groups in total. The van der Waals surface area contributed by atoms with E-state index in [9.17, 15) is 19.2 Å². The van der Waals surface area contributed by atoms with Gasteiger partial charge in [-0.15, -0.1) is 11.8 Å². The molecule has 4 unspecified atom stereocenters. The summed E-state index contributed by atoms with van der Waals surface area (Å²) in [6.45, 7) is 5.18. The van der Waals surface area contributed by atoms with Crippen LogP contribution in [0.15, 0.2) is 36.4 Å². The number of hydrogen-bond acceptors (Lipinski definition) is 7. The maximum absolute atomic E-state index is 13.5. The molecule has 3 amide bonds. The van der Waals surface area contributed by atoms with E-state index < -0.39 is 23.6 Å². The van der Waals surface area contributed by atoms with Crippen molar-refractivity contribution in [2.75, 3.05) is 24.7 Å². The molecule has 0 spiro atoms. The molecule has 1 saturated heterocycles. The van der Waals surface area contributed by atoms with Gasteiger partial charge in [0.05, 0.1) is 25.4 Å². The molecule has 2 bridgehead atoms. The van der Waals surface area contributed by atoms with Crippen LogP contribution < -0.4 is 10.6 Å². The zero-order chi connectivity index (χ0) is 26.7. The molecule has 1 aromatic carbocycles. The lowest BCUT2D eigenvalue weighted by molar-refractivity contribution is -0.164. The van der Waals surface area contributed by atoms with Gasteiger partial charge in [-0.2, -0.15) is 0 Å². The van der Waals surface area contributed by atoms with Gasteiger partial charge in [-0.1, -0.05) is 24.3 Å². The van der Waals surface area contributed by atoms with Crippen molar-refractivity contribution in [3.63, 3.8) is 0 Å². The number of allylic oxidation sites excluding steroid dienone is 2. The van der Waals surface area contributed by atoms with Gasteiger partial charge in [0.25, 0.3) is 0 Å². The van der Waals surface area contributed by atoms with Crippen molar-refractivity contribution in [2.24, 2.45) is 17.8 Å². The van der Waals surface area contributed by atoms with Crippen LogP contribution in [0.2, 0.25) is 0 Å². The van der Waals surface area contributed by atoms with Gasteiger partial charge in [-0.3, -0.25) is 9.59 Å². The number of anilines is 1. The Morgan fingerprint density at radius 2 is 1.92 bits per heavy atom. The van der Waals surface area contributed by atoms with Crippen molar-refractivity contribution in [1.82, 2.24) is 10.2 Å². The second kappa shape index (κ2) is 11.2. The molecule has 5 atom stereocenters. The minimum atomic E-state index is -0.690. The van der Waals surface area contributed by atoms with Crippen LogP contribution in [0.4, 0.5) is 10.5 Å². The molecule has 0 radical (unpaired) electrons. The number of hydrogen-bond donors (Lipinski definition) is 2. The number of thioether (sulfide) groups is 1. The Kier molecular flexibility index (Phi) is 8.16. The summed E-state index contributed by atoms with van der Waals surface area (Å²) < 4.78 is 10.3. The van der Waals surface area contributed by atoms with E-state index in [1.807, 2.05) is 20.8 Å². The first-order valence-corrected chi connectivity index (χ1v) is 13.6. The van der Waals surface area contributed by atoms with E-state index in [2.05, 4.69) is 27.5 Å². The molecule has 0 aromatic heterocycles. The molecular formula is C27H35N3O6S. The second-order valence-electron chi connectivity index (χ2n) is 10.8. The predicted molar refractivity (Wildman–Crippen MR) is 141 cm³/mol. The van der Waals surface area contributed by atoms with E-state index in [0.717, 1.165) is 12.8 Å². The molecule has 37 heavy (non-hydrogen) atoms. The first-order chi connectivity index (χ1) is 17.5. The number of nitrogens with zero attached hydrogens (tertiary/aromatic N) is 1. The number of carbonyl (C=O) groups is 4. The maximum atomic E-state index is 13.5. The molecule has 200 valence electrons. The number of benzene rings is 1. The average molecular weight is 530 g/mol. The van der Waals surface area contributed by atoms with Gasteiger partial charge >= 0.3 is 18.0 Å². The average Bonchev–Trinajstić information content (AvgIpc) is 3.57. The van der Waals surface area contributed by atoms with Crippen molar-refractivity contribution in [2.45, 2.75) is 57.1 Å². The Hall–Kier alpha value is -3.01. The zero-order valence-electron chi connectivity index (χ0n) is 21.7. The number of carbonyl (C=O) groups excluding carboxylic acids is 4. The topological polar surface area (TPSA) is 114 Å². The summed E-state index contributed by atoms with van der Waals surface area (Å²) in [6.07, 6.45) is 6.67. The lowest BCUT2D eigenvalue weighted by Crippen LogP contribution is -2.53. The number of methoxy groups -OCH3 is 1. The summed E-state index contributed by atoms with van der Waals surface area (Å²) in [5, 5.41) is 5.18. The van der Waals surface area contributed by atoms with E-state index in [4.69, 9.17) is 4.74 Å². The van der Waals surface area contributed by atoms with Crippen LogP contribution in [-0.2, 0) is 30.3 Å². The van der Waals surface area contributed by atoms with Crippen LogP contribution in [-0.4, -0.2) is 65.2 Å². The number of nitrogens with one attached hydrogen (secondary N) is 2. The van der Waals surface area contributed by atoms with Crippen LogP contribution in [0.25, 0.3) is 0 Å². The summed E-state index contributed by atoms with van der Waals surface area (Å²) in [7, 11) is 1.32. The van der Waals surface area contributed by atoms with Gasteiger partial charge in [-0.05, 0) is 69.1 Å². The largest absolute Gasteiger partial charge is 0.469 e. The third kappa shape index (κ3) is 6.66. The van der Waals surface area contributed by atoms with Crippen LogP contribution in [0, 0.1) is 17.8 Å². The minimum Gasteiger partial charge on any atom is -0.469 e. The predicted octanol–water partition coefficient (Wildman–Crippen LogP) is 3.35. The van der Waals surface area contributed by atoms with E-state index >= 15 is 0 Å². The smallest absolute Gasteiger partial charge is 0.330 e. The van der Waals surface area contributed by atoms with E-state index in [0.29, 0.717) is 28.8 Å². The van der Waals surface area contributed by atoms with Crippen molar-refractivity contribution >= 4 is 41.3 Å². The van der Waals surface area contributed by atoms with Gasteiger partial charge in [0.15, 0.2) is 0 Å². The molecular weight excluding hydrogens is 494 g/mol. The minimum absolute atomic E-state index is 0.0877. The monoisotopic (exact) mass is 529 g/mol. The molecule has 1 aromatic rings. The lowest BCUT2D eigenvalue weighted by Gasteiger charge is -2.35. The first kappa shape index (κ1) is 27.0. The van der Waals surface area contributed by atoms with Gasteiger partial charge < -0.3 is 25.0 Å². The van der Waals surface area contributed by atoms with E-state index in [-0.39, 0.29) is 36.1 Å². The number of esters is 2. The molecule has 2 fully saturated rings. The summed E-state index contributed by atoms with van der Waals surface area (Å²) >= 11 is 1.63. The normalized spacial score (nSPS) is 26.2. The molecule has 1 aliphatic heterocycles. The summed E-state index contributed by atoms with van der Waals surface area (Å²) in [6, 6.07) is 5.60. The number of fused-ring (bicyclic) bond motifs is 2. The lowest BCUT2D eigenvalue weighted by atomic mass is 9.92. The van der Waals surface area contributed by atoms with Crippen molar-refractivity contribution in [3.05, 3.63) is 42.0 Å². The standard InChI is InChI=1S/C27H35N3O6S/c1-27(2,3)36-25(33)21-15-37-24(20-12-17-8-9-18(20)10-17)30(21)22(31)14-28-26(34)29-19-7-5-6-16(11-19)13-23(32)35-4/h5-9,11,17-18,20-21,24H,10,12-15H2,1-4H3,(H2,28,29,34)/t17?,18?,20?,21-,24?/m0/s1. The fourth-order valence-corrected chi connectivity index (χ4v) is 6.96. The Bertz CT molecular complexity index is 1080. The Balaban J connectivity index is 1.41. The van der Waals surface area contributed by atoms with Gasteiger partial charge in [0.2, 0.25) is 5.91 Å². The number of amides is 3. The van der Waals surface area contributed by atoms with Crippen molar-refractivity contribution in [3.8, 4) is 0 Å². The molecule has 3 aliphatic rings. The third-order valence-corrected chi connectivity index (χ3v) is 8.29. The third-order valence-electron chi connectivity index (χ3n) is 6.86. The summed E-state index contributed by atoms with van der Waals surface area (Å²) in [5.41, 5.74) is 0.517. The van der Waals surface area contributed by atoms with Crippen LogP contribution in [0.5, 0.6) is 0 Å². The van der Waals surface area contributed by atoms with E-state index in [1.165, 1.54) is 7.11 Å². The fourth-order valence-electron chi connectivity index (χ4n) is 5.30. The molecule has 2 aliphatic carbocycles. The highest BCUT2D eigenvalue weighted by atomic mass is 32.2. The van der Waals surface area contributed by atoms with Gasteiger partial charge in [0, 0.05) is 11.4 Å². The van der Waals surface area contributed by atoms with Gasteiger partial charge in [-0.25, -0.2) is 9.59 Å². The molecule has 1 saturated carbocycles. The highest BCUT2D eigenvalue weighted by Gasteiger charge is 2.50. The summed E-state index contributed by atoms with van der Waals surface area (Å²) in [4.78, 5) is 52.2. The quantitative estimate of drug-likeness (QED) is 0.411. The van der Waals surface area contributed by atoms with Crippen LogP contribution in [0.3, 0.4) is 0 Å². The van der Waals surface area contributed by atoms with Crippen molar-refractivity contribution in [1.29, 1.82) is 0 Å². The van der Waals surface area contributed by atoms with Crippen LogP contribution >= 0.6 is 11.8 Å². The molecule has 9 nitrogen and oxygen atoms in total. The number of urea groups is 1. The highest BCUT2D eigenvalue weighted by molar-refractivity contribution is 8.00. The Labute approximate surface area is 221 Å². The fraction of sp³-hybridized carbons (Fsp3) is 0.556. The second-order valence-corrected chi connectivity index (χ2v) is 11.9. The molecule has 10 heteroatoms. The van der Waals surface area contributed by atoms with Gasteiger partial charge in [0.1, 0.15) is 11.6 Å². The zero-order valence-corrected chi connectivity index (χ0v) is 22.5. The molecule has 4 rings (SSSR count). The summed E-state index contributed by atoms with van der Waals surface area (Å²) in [5.74, 6) is 0.588. The maximum Gasteiger partial charge on any atom is 0.330 e. The number of rotatable bonds is 7. The van der Waals surface area contributed by atoms with E-state index in [1.54, 1.807) is 40.9 Å². The highest BCUT2D eigenvalue weighted by Crippen LogP contribution is 2.50.